The lowest BCUT2D eigenvalue weighted by Gasteiger charge is -2.09. The van der Waals surface area contributed by atoms with E-state index in [-0.39, 0.29) is 11.1 Å². The van der Waals surface area contributed by atoms with Crippen LogP contribution in [0.25, 0.3) is 0 Å². The van der Waals surface area contributed by atoms with Crippen molar-refractivity contribution in [1.82, 2.24) is 14.3 Å². The van der Waals surface area contributed by atoms with Gasteiger partial charge in [0.2, 0.25) is 0 Å². The Balaban J connectivity index is 2.19. The van der Waals surface area contributed by atoms with Crippen LogP contribution in [0.15, 0.2) is 11.1 Å². The van der Waals surface area contributed by atoms with E-state index in [9.17, 15) is 4.79 Å². The fourth-order valence-corrected chi connectivity index (χ4v) is 1.81. The molecule has 1 heterocycles. The van der Waals surface area contributed by atoms with Crippen LogP contribution in [0.2, 0.25) is 0 Å². The van der Waals surface area contributed by atoms with Gasteiger partial charge in [-0.15, -0.1) is 0 Å². The highest BCUT2D eigenvalue weighted by Gasteiger charge is 2.42. The van der Waals surface area contributed by atoms with Gasteiger partial charge in [0.1, 0.15) is 6.33 Å². The number of aryl methyl sites for hydroxylation is 1. The minimum Gasteiger partial charge on any atom is -0.285 e. The van der Waals surface area contributed by atoms with Crippen LogP contribution in [0, 0.1) is 5.41 Å². The second-order valence-corrected chi connectivity index (χ2v) is 4.16. The molecular weight excluding hydrogens is 186 g/mol. The first-order valence-electron chi connectivity index (χ1n) is 4.36. The van der Waals surface area contributed by atoms with Gasteiger partial charge in [-0.1, -0.05) is 0 Å². The molecule has 2 rings (SSSR count). The molecular formula is C8H13N3OS. The summed E-state index contributed by atoms with van der Waals surface area (Å²) in [6.07, 6.45) is 3.88. The van der Waals surface area contributed by atoms with Crippen molar-refractivity contribution in [3.8, 4) is 0 Å². The molecule has 0 radical (unpaired) electrons. The zero-order chi connectivity index (χ0) is 9.47. The average Bonchev–Trinajstić information content (AvgIpc) is 2.85. The molecule has 0 N–H and O–H groups in total. The van der Waals surface area contributed by atoms with Crippen LogP contribution in [0.4, 0.5) is 0 Å². The molecule has 0 spiro atoms. The maximum absolute atomic E-state index is 11.4. The highest BCUT2D eigenvalue weighted by molar-refractivity contribution is 7.80. The van der Waals surface area contributed by atoms with E-state index in [1.807, 2.05) is 0 Å². The van der Waals surface area contributed by atoms with Crippen LogP contribution >= 0.6 is 12.6 Å². The quantitative estimate of drug-likeness (QED) is 0.711. The summed E-state index contributed by atoms with van der Waals surface area (Å²) in [6.45, 7) is 0.718. The first-order valence-corrected chi connectivity index (χ1v) is 4.99. The summed E-state index contributed by atoms with van der Waals surface area (Å²) in [7, 11) is 1.71. The van der Waals surface area contributed by atoms with E-state index >= 15 is 0 Å². The van der Waals surface area contributed by atoms with Gasteiger partial charge in [0, 0.05) is 7.05 Å². The molecule has 0 saturated heterocycles. The topological polar surface area (TPSA) is 39.8 Å². The van der Waals surface area contributed by atoms with Crippen LogP contribution in [0.1, 0.15) is 12.8 Å². The number of hydrogen-bond donors (Lipinski definition) is 1. The predicted molar refractivity (Wildman–Crippen MR) is 53.0 cm³/mol. The summed E-state index contributed by atoms with van der Waals surface area (Å²) < 4.78 is 3.03. The van der Waals surface area contributed by atoms with Crippen molar-refractivity contribution in [2.45, 2.75) is 19.4 Å². The standard InChI is InChI=1S/C8H13N3OS/c1-10-6-9-11(7(10)12)4-8(5-13)2-3-8/h6,13H,2-5H2,1H3. The third kappa shape index (κ3) is 1.52. The second kappa shape index (κ2) is 2.90. The molecule has 1 saturated carbocycles. The smallest absolute Gasteiger partial charge is 0.285 e. The van der Waals surface area contributed by atoms with E-state index in [0.29, 0.717) is 0 Å². The summed E-state index contributed by atoms with van der Waals surface area (Å²) in [5, 5.41) is 4.02. The summed E-state index contributed by atoms with van der Waals surface area (Å²) in [6, 6.07) is 0. The Hall–Kier alpha value is -0.710. The van der Waals surface area contributed by atoms with Gasteiger partial charge >= 0.3 is 5.69 Å². The molecule has 72 valence electrons. The summed E-state index contributed by atoms with van der Waals surface area (Å²) in [4.78, 5) is 11.4. The molecule has 0 aromatic carbocycles. The summed E-state index contributed by atoms with van der Waals surface area (Å²) >= 11 is 4.28. The number of nitrogens with zero attached hydrogens (tertiary/aromatic N) is 3. The van der Waals surface area contributed by atoms with Crippen LogP contribution in [-0.2, 0) is 13.6 Å². The van der Waals surface area contributed by atoms with Crippen molar-refractivity contribution < 1.29 is 0 Å². The zero-order valence-corrected chi connectivity index (χ0v) is 8.50. The Morgan fingerprint density at radius 3 is 2.77 bits per heavy atom. The van der Waals surface area contributed by atoms with E-state index in [1.54, 1.807) is 13.4 Å². The average molecular weight is 199 g/mol. The molecule has 1 aromatic rings. The fourth-order valence-electron chi connectivity index (χ4n) is 1.39. The lowest BCUT2D eigenvalue weighted by atomic mass is 10.1. The molecule has 0 bridgehead atoms. The largest absolute Gasteiger partial charge is 0.345 e. The van der Waals surface area contributed by atoms with E-state index in [4.69, 9.17) is 0 Å². The van der Waals surface area contributed by atoms with Gasteiger partial charge in [0.05, 0.1) is 6.54 Å². The van der Waals surface area contributed by atoms with Gasteiger partial charge in [-0.3, -0.25) is 4.57 Å². The molecule has 0 amide bonds. The third-order valence-corrected chi connectivity index (χ3v) is 3.34. The Labute approximate surface area is 82.0 Å². The van der Waals surface area contributed by atoms with E-state index in [0.717, 1.165) is 12.3 Å². The number of aromatic nitrogens is 3. The molecule has 13 heavy (non-hydrogen) atoms. The highest BCUT2D eigenvalue weighted by Crippen LogP contribution is 2.47. The maximum atomic E-state index is 11.4. The highest BCUT2D eigenvalue weighted by atomic mass is 32.1. The molecule has 1 fully saturated rings. The first kappa shape index (κ1) is 8.87. The second-order valence-electron chi connectivity index (χ2n) is 3.84. The van der Waals surface area contributed by atoms with Crippen LogP contribution in [0.3, 0.4) is 0 Å². The monoisotopic (exact) mass is 199 g/mol. The number of rotatable bonds is 3. The van der Waals surface area contributed by atoms with Gasteiger partial charge in [0.25, 0.3) is 0 Å². The Bertz CT molecular complexity index is 364. The van der Waals surface area contributed by atoms with Crippen molar-refractivity contribution in [2.75, 3.05) is 5.75 Å². The molecule has 1 aromatic heterocycles. The minimum atomic E-state index is -0.0342. The number of hydrogen-bond acceptors (Lipinski definition) is 3. The molecule has 5 heteroatoms. The Morgan fingerprint density at radius 1 is 1.69 bits per heavy atom. The van der Waals surface area contributed by atoms with Gasteiger partial charge in [0.15, 0.2) is 0 Å². The van der Waals surface area contributed by atoms with Crippen molar-refractivity contribution in [1.29, 1.82) is 0 Å². The number of thiol groups is 1. The van der Waals surface area contributed by atoms with Crippen LogP contribution in [0.5, 0.6) is 0 Å². The maximum Gasteiger partial charge on any atom is 0.345 e. The third-order valence-electron chi connectivity index (χ3n) is 2.66. The zero-order valence-electron chi connectivity index (χ0n) is 7.60. The van der Waals surface area contributed by atoms with Gasteiger partial charge < -0.3 is 0 Å². The van der Waals surface area contributed by atoms with E-state index < -0.39 is 0 Å². The summed E-state index contributed by atoms with van der Waals surface area (Å²) in [5.41, 5.74) is 0.217. The van der Waals surface area contributed by atoms with Crippen LogP contribution in [-0.4, -0.2) is 20.1 Å². The fraction of sp³-hybridized carbons (Fsp3) is 0.750. The predicted octanol–water partition coefficient (Wildman–Crippen LogP) is 0.292. The first-order chi connectivity index (χ1) is 6.17. The van der Waals surface area contributed by atoms with E-state index in [2.05, 4.69) is 17.7 Å². The lowest BCUT2D eigenvalue weighted by Crippen LogP contribution is -2.27. The molecule has 1 aliphatic carbocycles. The van der Waals surface area contributed by atoms with Gasteiger partial charge in [-0.05, 0) is 24.0 Å². The van der Waals surface area contributed by atoms with Gasteiger partial charge in [-0.2, -0.15) is 17.7 Å². The molecule has 0 aliphatic heterocycles. The molecule has 4 nitrogen and oxygen atoms in total. The van der Waals surface area contributed by atoms with E-state index in [1.165, 1.54) is 22.1 Å². The van der Waals surface area contributed by atoms with Crippen molar-refractivity contribution in [3.63, 3.8) is 0 Å². The molecule has 0 unspecified atom stereocenters. The summed E-state index contributed by atoms with van der Waals surface area (Å²) in [5.74, 6) is 0.843. The SMILES string of the molecule is Cn1cnn(CC2(CS)CC2)c1=O. The minimum absolute atomic E-state index is 0.0342. The Kier molecular flexibility index (Phi) is 1.98. The molecule has 0 atom stereocenters. The van der Waals surface area contributed by atoms with Gasteiger partial charge in [-0.25, -0.2) is 9.48 Å². The lowest BCUT2D eigenvalue weighted by molar-refractivity contribution is 0.428. The van der Waals surface area contributed by atoms with Crippen LogP contribution < -0.4 is 5.69 Å². The molecule has 1 aliphatic rings. The van der Waals surface area contributed by atoms with Crippen molar-refractivity contribution in [2.24, 2.45) is 12.5 Å². The Morgan fingerprint density at radius 2 is 2.38 bits per heavy atom. The van der Waals surface area contributed by atoms with Crippen molar-refractivity contribution in [3.05, 3.63) is 16.8 Å². The normalized spacial score (nSPS) is 18.9. The van der Waals surface area contributed by atoms with Crippen molar-refractivity contribution >= 4 is 12.6 Å².